The van der Waals surface area contributed by atoms with Crippen molar-refractivity contribution in [3.05, 3.63) is 58.7 Å². The fraction of sp³-hybridized carbons (Fsp3) is 0.414. The monoisotopic (exact) mass is 552 g/mol. The summed E-state index contributed by atoms with van der Waals surface area (Å²) in [6.45, 7) is 3.51. The van der Waals surface area contributed by atoms with Crippen LogP contribution in [0.15, 0.2) is 42.0 Å². The number of hydrogen-bond acceptors (Lipinski definition) is 9. The van der Waals surface area contributed by atoms with Crippen LogP contribution in [0.1, 0.15) is 41.3 Å². The maximum Gasteiger partial charge on any atom is 0.247 e. The highest BCUT2D eigenvalue weighted by molar-refractivity contribution is 5.96. The SMILES string of the molecule is COc1cc(C=O)cc2c1OC1C2C(C(=O)NCCO)=CC(N(Cc2ccc3c(c2)OCO3)C(=O)C(C)C)C1O. The summed E-state index contributed by atoms with van der Waals surface area (Å²) in [6.07, 6.45) is 0.0781. The molecule has 0 saturated heterocycles. The van der Waals surface area contributed by atoms with Gasteiger partial charge in [0.2, 0.25) is 18.6 Å². The zero-order valence-electron chi connectivity index (χ0n) is 22.5. The van der Waals surface area contributed by atoms with E-state index in [1.54, 1.807) is 38.1 Å². The van der Waals surface area contributed by atoms with E-state index in [-0.39, 0.29) is 38.0 Å². The molecule has 11 heteroatoms. The van der Waals surface area contributed by atoms with E-state index < -0.39 is 36.0 Å². The summed E-state index contributed by atoms with van der Waals surface area (Å²) in [4.78, 5) is 40.2. The van der Waals surface area contributed by atoms with Gasteiger partial charge in [-0.05, 0) is 35.9 Å². The molecule has 0 saturated carbocycles. The van der Waals surface area contributed by atoms with Gasteiger partial charge in [0.1, 0.15) is 18.5 Å². The first-order chi connectivity index (χ1) is 19.3. The molecule has 0 spiro atoms. The highest BCUT2D eigenvalue weighted by atomic mass is 16.7. The number of hydrogen-bond donors (Lipinski definition) is 3. The van der Waals surface area contributed by atoms with E-state index in [0.29, 0.717) is 40.4 Å². The Labute approximate surface area is 231 Å². The van der Waals surface area contributed by atoms with Gasteiger partial charge < -0.3 is 39.4 Å². The minimum atomic E-state index is -1.23. The molecule has 4 unspecified atom stereocenters. The number of rotatable bonds is 9. The van der Waals surface area contributed by atoms with Crippen molar-refractivity contribution in [1.82, 2.24) is 10.2 Å². The van der Waals surface area contributed by atoms with Crippen LogP contribution in [0.25, 0.3) is 0 Å². The molecule has 1 aliphatic carbocycles. The molecule has 0 radical (unpaired) electrons. The molecule has 2 amide bonds. The molecule has 0 fully saturated rings. The van der Waals surface area contributed by atoms with Gasteiger partial charge in [-0.2, -0.15) is 0 Å². The maximum absolute atomic E-state index is 13.6. The van der Waals surface area contributed by atoms with Crippen LogP contribution < -0.4 is 24.3 Å². The molecule has 4 atom stereocenters. The molecule has 0 aromatic heterocycles. The number of ether oxygens (including phenoxy) is 4. The van der Waals surface area contributed by atoms with Gasteiger partial charge in [0.15, 0.2) is 23.0 Å². The molecule has 2 aromatic carbocycles. The second kappa shape index (κ2) is 11.2. The van der Waals surface area contributed by atoms with Crippen LogP contribution in [0.3, 0.4) is 0 Å². The van der Waals surface area contributed by atoms with Crippen molar-refractivity contribution < 1.29 is 43.5 Å². The van der Waals surface area contributed by atoms with Gasteiger partial charge in [-0.3, -0.25) is 14.4 Å². The van der Waals surface area contributed by atoms with Crippen LogP contribution >= 0.6 is 0 Å². The second-order valence-electron chi connectivity index (χ2n) is 10.2. The van der Waals surface area contributed by atoms with Crippen molar-refractivity contribution in [2.24, 2.45) is 5.92 Å². The standard InChI is InChI=1S/C29H32N2O9/c1-15(2)29(36)31(12-16-4-5-21-22(9-16)39-14-38-21)20-11-19(28(35)30-6-7-32)24-18-8-17(13-33)10-23(37-3)26(18)40-27(24)25(20)34/h4-5,8-11,13,15,20,24-25,27,32,34H,6-7,12,14H2,1-3H3,(H,30,35). The Hall–Kier alpha value is -4.09. The number of carbonyl (C=O) groups is 3. The van der Waals surface area contributed by atoms with Crippen LogP contribution in [-0.2, 0) is 16.1 Å². The molecule has 40 heavy (non-hydrogen) atoms. The van der Waals surface area contributed by atoms with Gasteiger partial charge >= 0.3 is 0 Å². The zero-order chi connectivity index (χ0) is 28.6. The minimum Gasteiger partial charge on any atom is -0.493 e. The van der Waals surface area contributed by atoms with E-state index in [1.165, 1.54) is 18.1 Å². The number of carbonyl (C=O) groups excluding carboxylic acids is 3. The molecular weight excluding hydrogens is 520 g/mol. The van der Waals surface area contributed by atoms with Gasteiger partial charge in [0.05, 0.1) is 25.7 Å². The summed E-state index contributed by atoms with van der Waals surface area (Å²) in [7, 11) is 1.44. The summed E-state index contributed by atoms with van der Waals surface area (Å²) >= 11 is 0. The van der Waals surface area contributed by atoms with Gasteiger partial charge in [-0.1, -0.05) is 19.9 Å². The van der Waals surface area contributed by atoms with Gasteiger partial charge in [-0.25, -0.2) is 0 Å². The normalized spacial score (nSPS) is 22.1. The number of nitrogens with zero attached hydrogens (tertiary/aromatic N) is 1. The molecule has 5 rings (SSSR count). The first-order valence-electron chi connectivity index (χ1n) is 13.1. The number of aliphatic hydroxyl groups is 2. The lowest BCUT2D eigenvalue weighted by Crippen LogP contribution is -2.56. The van der Waals surface area contributed by atoms with Crippen molar-refractivity contribution in [1.29, 1.82) is 0 Å². The van der Waals surface area contributed by atoms with E-state index in [0.717, 1.165) is 5.56 Å². The summed E-state index contributed by atoms with van der Waals surface area (Å²) < 4.78 is 22.6. The molecule has 2 aromatic rings. The Bertz CT molecular complexity index is 1360. The average Bonchev–Trinajstić information content (AvgIpc) is 3.59. The largest absolute Gasteiger partial charge is 0.493 e. The quantitative estimate of drug-likeness (QED) is 0.395. The minimum absolute atomic E-state index is 0.0119. The lowest BCUT2D eigenvalue weighted by atomic mass is 9.77. The Kier molecular flexibility index (Phi) is 7.68. The molecule has 2 aliphatic heterocycles. The smallest absolute Gasteiger partial charge is 0.247 e. The average molecular weight is 553 g/mol. The van der Waals surface area contributed by atoms with Crippen LogP contribution in [0.2, 0.25) is 0 Å². The number of methoxy groups -OCH3 is 1. The maximum atomic E-state index is 13.6. The van der Waals surface area contributed by atoms with E-state index in [1.807, 2.05) is 6.07 Å². The van der Waals surface area contributed by atoms with Crippen molar-refractivity contribution in [2.75, 3.05) is 27.1 Å². The summed E-state index contributed by atoms with van der Waals surface area (Å²) in [5.74, 6) is -0.0769. The third kappa shape index (κ3) is 4.86. The lowest BCUT2D eigenvalue weighted by Gasteiger charge is -2.41. The topological polar surface area (TPSA) is 144 Å². The Morgan fingerprint density at radius 1 is 1.20 bits per heavy atom. The number of aliphatic hydroxyl groups excluding tert-OH is 2. The number of benzene rings is 2. The van der Waals surface area contributed by atoms with Crippen molar-refractivity contribution in [3.63, 3.8) is 0 Å². The summed E-state index contributed by atoms with van der Waals surface area (Å²) in [5, 5.41) is 23.7. The highest BCUT2D eigenvalue weighted by Crippen LogP contribution is 2.51. The molecule has 11 nitrogen and oxygen atoms in total. The van der Waals surface area contributed by atoms with Crippen LogP contribution in [0.5, 0.6) is 23.0 Å². The van der Waals surface area contributed by atoms with E-state index in [4.69, 9.17) is 18.9 Å². The second-order valence-corrected chi connectivity index (χ2v) is 10.2. The third-order valence-electron chi connectivity index (χ3n) is 7.34. The molecule has 2 heterocycles. The van der Waals surface area contributed by atoms with Gasteiger partial charge in [0, 0.05) is 35.7 Å². The van der Waals surface area contributed by atoms with Gasteiger partial charge in [-0.15, -0.1) is 0 Å². The van der Waals surface area contributed by atoms with Gasteiger partial charge in [0.25, 0.3) is 0 Å². The fourth-order valence-electron chi connectivity index (χ4n) is 5.46. The van der Waals surface area contributed by atoms with Crippen LogP contribution in [-0.4, -0.2) is 78.5 Å². The number of amides is 2. The zero-order valence-corrected chi connectivity index (χ0v) is 22.5. The molecule has 0 bridgehead atoms. The van der Waals surface area contributed by atoms with Crippen molar-refractivity contribution >= 4 is 18.1 Å². The number of fused-ring (bicyclic) bond motifs is 4. The Morgan fingerprint density at radius 3 is 2.67 bits per heavy atom. The van der Waals surface area contributed by atoms with Crippen LogP contribution in [0, 0.1) is 5.92 Å². The van der Waals surface area contributed by atoms with Crippen LogP contribution in [0.4, 0.5) is 0 Å². The predicted octanol–water partition coefficient (Wildman–Crippen LogP) is 1.54. The Balaban J connectivity index is 1.59. The van der Waals surface area contributed by atoms with E-state index >= 15 is 0 Å². The summed E-state index contributed by atoms with van der Waals surface area (Å²) in [5.41, 5.74) is 1.85. The van der Waals surface area contributed by atoms with E-state index in [2.05, 4.69) is 5.32 Å². The van der Waals surface area contributed by atoms with Crippen molar-refractivity contribution in [3.8, 4) is 23.0 Å². The molecule has 3 N–H and O–H groups in total. The highest BCUT2D eigenvalue weighted by Gasteiger charge is 2.51. The molecule has 212 valence electrons. The third-order valence-corrected chi connectivity index (χ3v) is 7.34. The first kappa shape index (κ1) is 27.5. The Morgan fingerprint density at radius 2 is 1.98 bits per heavy atom. The fourth-order valence-corrected chi connectivity index (χ4v) is 5.46. The van der Waals surface area contributed by atoms with E-state index in [9.17, 15) is 24.6 Å². The lowest BCUT2D eigenvalue weighted by molar-refractivity contribution is -0.141. The summed E-state index contributed by atoms with van der Waals surface area (Å²) in [6, 6.07) is 7.57. The van der Waals surface area contributed by atoms with Crippen molar-refractivity contribution in [2.45, 2.75) is 44.6 Å². The number of aldehydes is 1. The molecule has 3 aliphatic rings. The number of nitrogens with one attached hydrogen (secondary N) is 1. The molecular formula is C29H32N2O9. The predicted molar refractivity (Wildman–Crippen MR) is 141 cm³/mol. The first-order valence-corrected chi connectivity index (χ1v) is 13.1.